The fraction of sp³-hybridized carbons (Fsp3) is 0.286. The van der Waals surface area contributed by atoms with Gasteiger partial charge in [-0.3, -0.25) is 0 Å². The molecule has 3 heteroatoms. The monoisotopic (exact) mass is 328 g/mol. The summed E-state index contributed by atoms with van der Waals surface area (Å²) in [6.45, 7) is 0. The van der Waals surface area contributed by atoms with E-state index in [0.29, 0.717) is 11.8 Å². The van der Waals surface area contributed by atoms with Gasteiger partial charge in [0.2, 0.25) is 0 Å². The maximum Gasteiger partial charge on any atom is 0.0314 e. The topological polar surface area (TPSA) is 0 Å². The van der Waals surface area contributed by atoms with Crippen molar-refractivity contribution in [2.45, 2.75) is 12.8 Å². The van der Waals surface area contributed by atoms with Crippen LogP contribution in [0.1, 0.15) is 10.4 Å². The molecule has 2 aromatic rings. The Hall–Kier alpha value is -0.310. The normalized spacial score (nSPS) is 12.6. The summed E-state index contributed by atoms with van der Waals surface area (Å²) in [5.41, 5.74) is 1.37. The Bertz CT molecular complexity index is 452. The summed E-state index contributed by atoms with van der Waals surface area (Å²) in [7, 11) is 0. The van der Waals surface area contributed by atoms with Crippen molar-refractivity contribution in [1.29, 1.82) is 0 Å². The van der Waals surface area contributed by atoms with Crippen LogP contribution in [0.2, 0.25) is 0 Å². The fourth-order valence-corrected chi connectivity index (χ4v) is 3.71. The molecule has 0 aliphatic rings. The van der Waals surface area contributed by atoms with Crippen LogP contribution in [0.4, 0.5) is 0 Å². The van der Waals surface area contributed by atoms with Gasteiger partial charge in [-0.05, 0) is 51.7 Å². The highest BCUT2D eigenvalue weighted by Crippen LogP contribution is 2.27. The van der Waals surface area contributed by atoms with Gasteiger partial charge < -0.3 is 0 Å². The minimum atomic E-state index is 0.508. The molecule has 0 saturated heterocycles. The van der Waals surface area contributed by atoms with Gasteiger partial charge in [0.1, 0.15) is 0 Å². The average Bonchev–Trinajstić information content (AvgIpc) is 2.75. The molecule has 0 aliphatic carbocycles. The molecule has 1 heterocycles. The van der Waals surface area contributed by atoms with Crippen molar-refractivity contribution in [2.75, 3.05) is 5.88 Å². The Labute approximate surface area is 120 Å². The zero-order valence-corrected chi connectivity index (χ0v) is 12.6. The van der Waals surface area contributed by atoms with E-state index in [1.807, 2.05) is 0 Å². The van der Waals surface area contributed by atoms with Gasteiger partial charge in [-0.15, -0.1) is 22.9 Å². The zero-order valence-electron chi connectivity index (χ0n) is 9.40. The number of hydrogen-bond acceptors (Lipinski definition) is 1. The molecule has 0 spiro atoms. The van der Waals surface area contributed by atoms with Crippen molar-refractivity contribution in [3.05, 3.63) is 56.7 Å². The van der Waals surface area contributed by atoms with E-state index in [1.54, 1.807) is 11.3 Å². The van der Waals surface area contributed by atoms with Crippen LogP contribution in [0.25, 0.3) is 0 Å². The maximum absolute atomic E-state index is 6.08. The molecule has 1 atom stereocenters. The van der Waals surface area contributed by atoms with Crippen molar-refractivity contribution in [1.82, 2.24) is 0 Å². The van der Waals surface area contributed by atoms with Gasteiger partial charge in [0.05, 0.1) is 0 Å². The number of rotatable bonds is 5. The molecule has 0 bridgehead atoms. The van der Waals surface area contributed by atoms with Crippen LogP contribution in [0.5, 0.6) is 0 Å². The molecule has 0 fully saturated rings. The number of hydrogen-bond donors (Lipinski definition) is 0. The van der Waals surface area contributed by atoms with E-state index in [1.165, 1.54) is 14.9 Å². The first-order valence-corrected chi connectivity index (χ1v) is 7.82. The lowest BCUT2D eigenvalue weighted by atomic mass is 9.97. The summed E-state index contributed by atoms with van der Waals surface area (Å²) >= 11 is 11.5. The van der Waals surface area contributed by atoms with E-state index in [0.717, 1.165) is 12.8 Å². The third-order valence-electron chi connectivity index (χ3n) is 2.75. The molecule has 2 rings (SSSR count). The predicted molar refractivity (Wildman–Crippen MR) is 80.1 cm³/mol. The van der Waals surface area contributed by atoms with Crippen LogP contribution in [-0.2, 0) is 12.8 Å². The Balaban J connectivity index is 2.00. The first kappa shape index (κ1) is 13.1. The predicted octanol–water partition coefficient (Wildman–Crippen LogP) is 5.15. The lowest BCUT2D eigenvalue weighted by molar-refractivity contribution is 0.588. The quantitative estimate of drug-likeness (QED) is 0.665. The third kappa shape index (κ3) is 3.84. The summed E-state index contributed by atoms with van der Waals surface area (Å²) < 4.78 is 1.21. The van der Waals surface area contributed by atoms with Crippen LogP contribution in [0.3, 0.4) is 0 Å². The van der Waals surface area contributed by atoms with Gasteiger partial charge in [-0.25, -0.2) is 0 Å². The van der Waals surface area contributed by atoms with E-state index >= 15 is 0 Å². The van der Waals surface area contributed by atoms with E-state index < -0.39 is 0 Å². The molecular weight excluding hydrogens is 316 g/mol. The van der Waals surface area contributed by atoms with Crippen molar-refractivity contribution < 1.29 is 0 Å². The summed E-state index contributed by atoms with van der Waals surface area (Å²) in [4.78, 5) is 1.39. The number of alkyl halides is 1. The second-order valence-electron chi connectivity index (χ2n) is 4.11. The lowest BCUT2D eigenvalue weighted by Crippen LogP contribution is -2.09. The highest BCUT2D eigenvalue weighted by molar-refractivity contribution is 9.10. The summed E-state index contributed by atoms with van der Waals surface area (Å²) in [5.74, 6) is 1.22. The fourth-order valence-electron chi connectivity index (χ4n) is 1.86. The van der Waals surface area contributed by atoms with Gasteiger partial charge in [0, 0.05) is 15.2 Å². The minimum Gasteiger partial charge on any atom is -0.148 e. The molecule has 0 aliphatic heterocycles. The molecular formula is C14H14BrClS. The Kier molecular flexibility index (Phi) is 5.08. The molecule has 1 unspecified atom stereocenters. The Morgan fingerprint density at radius 3 is 2.47 bits per heavy atom. The van der Waals surface area contributed by atoms with Gasteiger partial charge in [-0.2, -0.15) is 0 Å². The molecule has 17 heavy (non-hydrogen) atoms. The van der Waals surface area contributed by atoms with Crippen molar-refractivity contribution in [3.63, 3.8) is 0 Å². The van der Waals surface area contributed by atoms with Crippen molar-refractivity contribution in [3.8, 4) is 0 Å². The van der Waals surface area contributed by atoms with E-state index in [-0.39, 0.29) is 0 Å². The van der Waals surface area contributed by atoms with Crippen LogP contribution in [-0.4, -0.2) is 5.88 Å². The second kappa shape index (κ2) is 6.58. The standard InChI is InChI=1S/C14H14BrClS/c15-13-6-7-17-14(13)9-12(10-16)8-11-4-2-1-3-5-11/h1-7,12H,8-10H2. The average molecular weight is 330 g/mol. The first-order valence-electron chi connectivity index (χ1n) is 5.61. The zero-order chi connectivity index (χ0) is 12.1. The molecule has 90 valence electrons. The van der Waals surface area contributed by atoms with Gasteiger partial charge in [0.15, 0.2) is 0 Å². The third-order valence-corrected chi connectivity index (χ3v) is 5.14. The van der Waals surface area contributed by atoms with Crippen LogP contribution in [0.15, 0.2) is 46.3 Å². The maximum atomic E-state index is 6.08. The smallest absolute Gasteiger partial charge is 0.0314 e. The van der Waals surface area contributed by atoms with E-state index in [9.17, 15) is 0 Å². The lowest BCUT2D eigenvalue weighted by Gasteiger charge is -2.13. The summed E-state index contributed by atoms with van der Waals surface area (Å²) in [6.07, 6.45) is 2.10. The highest BCUT2D eigenvalue weighted by Gasteiger charge is 2.12. The molecule has 1 aromatic heterocycles. The second-order valence-corrected chi connectivity index (χ2v) is 6.27. The van der Waals surface area contributed by atoms with Crippen molar-refractivity contribution >= 4 is 38.9 Å². The highest BCUT2D eigenvalue weighted by atomic mass is 79.9. The number of benzene rings is 1. The summed E-state index contributed by atoms with van der Waals surface area (Å²) in [5, 5.41) is 2.12. The van der Waals surface area contributed by atoms with Crippen LogP contribution in [0, 0.1) is 5.92 Å². The van der Waals surface area contributed by atoms with E-state index in [4.69, 9.17) is 11.6 Å². The molecule has 1 aromatic carbocycles. The van der Waals surface area contributed by atoms with Crippen molar-refractivity contribution in [2.24, 2.45) is 5.92 Å². The number of thiophene rings is 1. The molecule has 0 nitrogen and oxygen atoms in total. The molecule has 0 amide bonds. The molecule has 0 N–H and O–H groups in total. The van der Waals surface area contributed by atoms with E-state index in [2.05, 4.69) is 57.7 Å². The molecule has 0 saturated carbocycles. The van der Waals surface area contributed by atoms with Gasteiger partial charge in [-0.1, -0.05) is 30.3 Å². The van der Waals surface area contributed by atoms with Gasteiger partial charge in [0.25, 0.3) is 0 Å². The minimum absolute atomic E-state index is 0.508. The Morgan fingerprint density at radius 1 is 1.12 bits per heavy atom. The first-order chi connectivity index (χ1) is 8.29. The SMILES string of the molecule is ClCC(Cc1ccccc1)Cc1sccc1Br. The van der Waals surface area contributed by atoms with Crippen LogP contribution < -0.4 is 0 Å². The molecule has 0 radical (unpaired) electrons. The van der Waals surface area contributed by atoms with Gasteiger partial charge >= 0.3 is 0 Å². The number of halogens is 2. The van der Waals surface area contributed by atoms with Crippen LogP contribution >= 0.6 is 38.9 Å². The summed E-state index contributed by atoms with van der Waals surface area (Å²) in [6, 6.07) is 12.7. The Morgan fingerprint density at radius 2 is 1.88 bits per heavy atom. The largest absolute Gasteiger partial charge is 0.148 e.